The number of aromatic amines is 1. The van der Waals surface area contributed by atoms with E-state index in [2.05, 4.69) is 15.3 Å². The Morgan fingerprint density at radius 3 is 2.66 bits per heavy atom. The van der Waals surface area contributed by atoms with Crippen LogP contribution in [0.15, 0.2) is 55.2 Å². The number of amides is 1. The summed E-state index contributed by atoms with van der Waals surface area (Å²) in [6.45, 7) is 6.10. The molecule has 0 aliphatic carbocycles. The zero-order chi connectivity index (χ0) is 23.0. The van der Waals surface area contributed by atoms with Gasteiger partial charge in [-0.05, 0) is 42.7 Å². The third-order valence-electron chi connectivity index (χ3n) is 5.13. The van der Waals surface area contributed by atoms with Gasteiger partial charge in [0.25, 0.3) is 11.5 Å². The number of rotatable bonds is 5. The molecule has 9 nitrogen and oxygen atoms in total. The SMILES string of the molecule is CCCn1c(=O)[nH]c(=O)c2c(C(=O)Nc3ccc4oc(=O)ccc4c3)cc(C(C)C)nc21. The van der Waals surface area contributed by atoms with Crippen LogP contribution >= 0.6 is 0 Å². The standard InChI is InChI=1S/C23H22N4O5/c1-4-9-27-20-19(22(30)26-23(27)31)15(11-16(25-20)12(2)3)21(29)24-14-6-7-17-13(10-14)5-8-18(28)32-17/h5-8,10-12H,4,9H2,1-3H3,(H,24,29)(H,26,30,31). The average Bonchev–Trinajstić information content (AvgIpc) is 2.75. The molecular formula is C23H22N4O5. The lowest BCUT2D eigenvalue weighted by molar-refractivity contribution is 0.102. The fraction of sp³-hybridized carbons (Fsp3) is 0.261. The molecule has 0 saturated carbocycles. The van der Waals surface area contributed by atoms with Crippen molar-refractivity contribution in [3.05, 3.63) is 78.9 Å². The van der Waals surface area contributed by atoms with E-state index in [0.717, 1.165) is 0 Å². The molecule has 164 valence electrons. The van der Waals surface area contributed by atoms with Crippen molar-refractivity contribution in [3.8, 4) is 0 Å². The number of pyridine rings is 1. The number of hydrogen-bond acceptors (Lipinski definition) is 6. The van der Waals surface area contributed by atoms with E-state index < -0.39 is 22.8 Å². The van der Waals surface area contributed by atoms with Crippen LogP contribution in [0.5, 0.6) is 0 Å². The van der Waals surface area contributed by atoms with Gasteiger partial charge in [0, 0.05) is 29.4 Å². The summed E-state index contributed by atoms with van der Waals surface area (Å²) in [5.41, 5.74) is 0.0963. The minimum atomic E-state index is -0.661. The monoisotopic (exact) mass is 434 g/mol. The first-order chi connectivity index (χ1) is 15.3. The maximum Gasteiger partial charge on any atom is 0.336 e. The number of fused-ring (bicyclic) bond motifs is 2. The third kappa shape index (κ3) is 3.84. The van der Waals surface area contributed by atoms with Crippen molar-refractivity contribution in [2.24, 2.45) is 0 Å². The minimum absolute atomic E-state index is 0.0287. The van der Waals surface area contributed by atoms with Gasteiger partial charge in [0.05, 0.1) is 10.9 Å². The molecule has 0 fully saturated rings. The maximum absolute atomic E-state index is 13.2. The van der Waals surface area contributed by atoms with Crippen LogP contribution in [0.25, 0.3) is 22.0 Å². The molecule has 9 heteroatoms. The number of anilines is 1. The number of carbonyl (C=O) groups excluding carboxylic acids is 1. The van der Waals surface area contributed by atoms with E-state index in [9.17, 15) is 19.2 Å². The highest BCUT2D eigenvalue weighted by Gasteiger charge is 2.20. The van der Waals surface area contributed by atoms with Gasteiger partial charge in [0.15, 0.2) is 5.65 Å². The quantitative estimate of drug-likeness (QED) is 0.465. The molecule has 2 N–H and O–H groups in total. The minimum Gasteiger partial charge on any atom is -0.423 e. The van der Waals surface area contributed by atoms with E-state index in [-0.39, 0.29) is 22.5 Å². The Bertz CT molecular complexity index is 1530. The maximum atomic E-state index is 13.2. The summed E-state index contributed by atoms with van der Waals surface area (Å²) >= 11 is 0. The second-order valence-electron chi connectivity index (χ2n) is 7.82. The average molecular weight is 434 g/mol. The summed E-state index contributed by atoms with van der Waals surface area (Å²) in [5.74, 6) is -0.540. The normalized spacial score (nSPS) is 11.4. The van der Waals surface area contributed by atoms with Crippen molar-refractivity contribution >= 4 is 33.6 Å². The van der Waals surface area contributed by atoms with Crippen molar-refractivity contribution in [1.29, 1.82) is 0 Å². The van der Waals surface area contributed by atoms with E-state index in [1.54, 1.807) is 30.3 Å². The number of carbonyl (C=O) groups is 1. The van der Waals surface area contributed by atoms with Gasteiger partial charge >= 0.3 is 11.3 Å². The molecule has 0 saturated heterocycles. The third-order valence-corrected chi connectivity index (χ3v) is 5.13. The van der Waals surface area contributed by atoms with Crippen molar-refractivity contribution in [3.63, 3.8) is 0 Å². The highest BCUT2D eigenvalue weighted by molar-refractivity contribution is 6.12. The number of benzene rings is 1. The van der Waals surface area contributed by atoms with Gasteiger partial charge in [-0.3, -0.25) is 19.1 Å². The van der Waals surface area contributed by atoms with E-state index in [0.29, 0.717) is 35.3 Å². The van der Waals surface area contributed by atoms with Crippen LogP contribution in [-0.4, -0.2) is 20.4 Å². The topological polar surface area (TPSA) is 127 Å². The number of aryl methyl sites for hydroxylation is 1. The molecule has 1 aromatic carbocycles. The van der Waals surface area contributed by atoms with Crippen LogP contribution in [0.3, 0.4) is 0 Å². The molecular weight excluding hydrogens is 412 g/mol. The molecule has 3 aromatic heterocycles. The van der Waals surface area contributed by atoms with Gasteiger partial charge in [-0.1, -0.05) is 20.8 Å². The molecule has 0 spiro atoms. The lowest BCUT2D eigenvalue weighted by Gasteiger charge is -2.14. The molecule has 0 atom stereocenters. The van der Waals surface area contributed by atoms with E-state index in [1.807, 2.05) is 20.8 Å². The number of hydrogen-bond donors (Lipinski definition) is 2. The Kier molecular flexibility index (Phi) is 5.48. The first kappa shape index (κ1) is 21.2. The summed E-state index contributed by atoms with van der Waals surface area (Å²) in [4.78, 5) is 56.5. The molecule has 0 unspecified atom stereocenters. The molecule has 0 bridgehead atoms. The molecule has 1 amide bonds. The Labute approximate surface area is 181 Å². The predicted octanol–water partition coefficient (Wildman–Crippen LogP) is 2.98. The molecule has 0 radical (unpaired) electrons. The fourth-order valence-electron chi connectivity index (χ4n) is 3.55. The van der Waals surface area contributed by atoms with Crippen LogP contribution in [0.4, 0.5) is 5.69 Å². The van der Waals surface area contributed by atoms with Gasteiger partial charge in [0.2, 0.25) is 0 Å². The van der Waals surface area contributed by atoms with Crippen LogP contribution in [-0.2, 0) is 6.54 Å². The van der Waals surface area contributed by atoms with Crippen LogP contribution in [0, 0.1) is 0 Å². The second kappa shape index (κ2) is 8.26. The summed E-state index contributed by atoms with van der Waals surface area (Å²) in [6.07, 6.45) is 0.656. The smallest absolute Gasteiger partial charge is 0.336 e. The number of aromatic nitrogens is 3. The lowest BCUT2D eigenvalue weighted by atomic mass is 10.0. The second-order valence-corrected chi connectivity index (χ2v) is 7.82. The summed E-state index contributed by atoms with van der Waals surface area (Å²) in [5, 5.41) is 3.49. The number of nitrogens with one attached hydrogen (secondary N) is 2. The predicted molar refractivity (Wildman–Crippen MR) is 121 cm³/mol. The number of H-pyrrole nitrogens is 1. The lowest BCUT2D eigenvalue weighted by Crippen LogP contribution is -2.32. The number of nitrogens with zero attached hydrogens (tertiary/aromatic N) is 2. The Balaban J connectivity index is 1.87. The largest absolute Gasteiger partial charge is 0.423 e. The van der Waals surface area contributed by atoms with Crippen LogP contribution in [0.2, 0.25) is 0 Å². The Morgan fingerprint density at radius 1 is 1.16 bits per heavy atom. The molecule has 0 aliphatic heterocycles. The van der Waals surface area contributed by atoms with E-state index >= 15 is 0 Å². The van der Waals surface area contributed by atoms with Crippen molar-refractivity contribution in [2.75, 3.05) is 5.32 Å². The van der Waals surface area contributed by atoms with Gasteiger partial charge in [-0.25, -0.2) is 14.6 Å². The van der Waals surface area contributed by atoms with Gasteiger partial charge < -0.3 is 9.73 Å². The Hall–Kier alpha value is -4.01. The van der Waals surface area contributed by atoms with E-state index in [1.165, 1.54) is 10.6 Å². The van der Waals surface area contributed by atoms with E-state index in [4.69, 9.17) is 4.42 Å². The van der Waals surface area contributed by atoms with Crippen molar-refractivity contribution < 1.29 is 9.21 Å². The van der Waals surface area contributed by atoms with Gasteiger partial charge in [-0.2, -0.15) is 0 Å². The fourth-order valence-corrected chi connectivity index (χ4v) is 3.55. The van der Waals surface area contributed by atoms with Gasteiger partial charge in [0.1, 0.15) is 5.58 Å². The van der Waals surface area contributed by atoms with Crippen LogP contribution in [0.1, 0.15) is 49.2 Å². The summed E-state index contributed by atoms with van der Waals surface area (Å²) in [7, 11) is 0. The Morgan fingerprint density at radius 2 is 1.94 bits per heavy atom. The summed E-state index contributed by atoms with van der Waals surface area (Å²) in [6, 6.07) is 9.34. The van der Waals surface area contributed by atoms with Gasteiger partial charge in [-0.15, -0.1) is 0 Å². The molecule has 32 heavy (non-hydrogen) atoms. The van der Waals surface area contributed by atoms with Crippen molar-refractivity contribution in [2.45, 2.75) is 39.7 Å². The molecule has 0 aliphatic rings. The first-order valence-corrected chi connectivity index (χ1v) is 10.3. The molecule has 4 rings (SSSR count). The summed E-state index contributed by atoms with van der Waals surface area (Å²) < 4.78 is 6.50. The van der Waals surface area contributed by atoms with Crippen molar-refractivity contribution in [1.82, 2.24) is 14.5 Å². The molecule has 4 aromatic rings. The highest BCUT2D eigenvalue weighted by atomic mass is 16.4. The molecule has 3 heterocycles. The highest BCUT2D eigenvalue weighted by Crippen LogP contribution is 2.22. The van der Waals surface area contributed by atoms with Crippen LogP contribution < -0.4 is 22.2 Å². The first-order valence-electron chi connectivity index (χ1n) is 10.3. The zero-order valence-corrected chi connectivity index (χ0v) is 17.9. The zero-order valence-electron chi connectivity index (χ0n) is 17.9.